The molecule has 0 atom stereocenters. The van der Waals surface area contributed by atoms with Gasteiger partial charge in [0.05, 0.1) is 0 Å². The lowest BCUT2D eigenvalue weighted by Gasteiger charge is -2.10. The molecular formula is C19H23ClN2O. The highest BCUT2D eigenvalue weighted by Crippen LogP contribution is 2.16. The number of carbonyl (C=O) groups is 1. The lowest BCUT2D eigenvalue weighted by atomic mass is 10.1. The fraction of sp³-hybridized carbons (Fsp3) is 0.316. The molecule has 2 aromatic rings. The number of aryl methyl sites for hydroxylation is 1. The van der Waals surface area contributed by atoms with Crippen molar-refractivity contribution in [2.45, 2.75) is 25.9 Å². The van der Waals surface area contributed by atoms with E-state index in [0.717, 1.165) is 22.7 Å². The molecule has 0 aliphatic carbocycles. The first-order valence-corrected chi connectivity index (χ1v) is 8.15. The van der Waals surface area contributed by atoms with Crippen LogP contribution < -0.4 is 5.32 Å². The van der Waals surface area contributed by atoms with E-state index in [0.29, 0.717) is 19.4 Å². The Morgan fingerprint density at radius 3 is 2.35 bits per heavy atom. The van der Waals surface area contributed by atoms with Crippen LogP contribution in [-0.2, 0) is 24.3 Å². The SMILES string of the molecule is CN(C)Cc1ccc(CNC(=O)CCc2ccccc2Cl)cc1. The zero-order chi connectivity index (χ0) is 16.7. The standard InChI is InChI=1S/C19H23ClN2O/c1-22(2)14-16-9-7-15(8-10-16)13-21-19(23)12-11-17-5-3-4-6-18(17)20/h3-10H,11-14H2,1-2H3,(H,21,23). The first-order valence-electron chi connectivity index (χ1n) is 7.77. The Kier molecular flexibility index (Phi) is 6.63. The Balaban J connectivity index is 1.77. The minimum Gasteiger partial charge on any atom is -0.352 e. The number of benzene rings is 2. The Bertz CT molecular complexity index is 638. The van der Waals surface area contributed by atoms with Crippen molar-refractivity contribution in [2.75, 3.05) is 14.1 Å². The molecular weight excluding hydrogens is 308 g/mol. The van der Waals surface area contributed by atoms with E-state index in [9.17, 15) is 4.79 Å². The van der Waals surface area contributed by atoms with E-state index in [1.807, 2.05) is 38.4 Å². The third-order valence-corrected chi connectivity index (χ3v) is 3.96. The highest BCUT2D eigenvalue weighted by Gasteiger charge is 2.05. The zero-order valence-corrected chi connectivity index (χ0v) is 14.4. The van der Waals surface area contributed by atoms with E-state index in [2.05, 4.69) is 34.5 Å². The van der Waals surface area contributed by atoms with E-state index >= 15 is 0 Å². The summed E-state index contributed by atoms with van der Waals surface area (Å²) in [4.78, 5) is 14.1. The van der Waals surface area contributed by atoms with E-state index in [-0.39, 0.29) is 5.91 Å². The van der Waals surface area contributed by atoms with Crippen LogP contribution in [-0.4, -0.2) is 24.9 Å². The average Bonchev–Trinajstić information content (AvgIpc) is 2.53. The molecule has 0 saturated heterocycles. The maximum Gasteiger partial charge on any atom is 0.220 e. The van der Waals surface area contributed by atoms with Gasteiger partial charge in [-0.15, -0.1) is 0 Å². The normalized spacial score (nSPS) is 10.8. The molecule has 0 bridgehead atoms. The summed E-state index contributed by atoms with van der Waals surface area (Å²) in [7, 11) is 4.10. The van der Waals surface area contributed by atoms with Crippen LogP contribution in [0.1, 0.15) is 23.1 Å². The van der Waals surface area contributed by atoms with Crippen molar-refractivity contribution < 1.29 is 4.79 Å². The second-order valence-electron chi connectivity index (χ2n) is 5.92. The number of hydrogen-bond acceptors (Lipinski definition) is 2. The third kappa shape index (κ3) is 6.05. The van der Waals surface area contributed by atoms with Gasteiger partial charge >= 0.3 is 0 Å². The van der Waals surface area contributed by atoms with Gasteiger partial charge in [-0.05, 0) is 43.3 Å². The first-order chi connectivity index (χ1) is 11.0. The van der Waals surface area contributed by atoms with Gasteiger partial charge in [0, 0.05) is 24.5 Å². The van der Waals surface area contributed by atoms with Crippen LogP contribution in [0.3, 0.4) is 0 Å². The summed E-state index contributed by atoms with van der Waals surface area (Å²) in [5, 5.41) is 3.68. The average molecular weight is 331 g/mol. The van der Waals surface area contributed by atoms with Gasteiger partial charge in [-0.25, -0.2) is 0 Å². The highest BCUT2D eigenvalue weighted by molar-refractivity contribution is 6.31. The summed E-state index contributed by atoms with van der Waals surface area (Å²) in [5.74, 6) is 0.0438. The minimum absolute atomic E-state index is 0.0438. The summed E-state index contributed by atoms with van der Waals surface area (Å²) in [5.41, 5.74) is 3.39. The van der Waals surface area contributed by atoms with E-state index in [1.54, 1.807) is 0 Å². The predicted octanol–water partition coefficient (Wildman–Crippen LogP) is 3.65. The van der Waals surface area contributed by atoms with Gasteiger partial charge in [0.2, 0.25) is 5.91 Å². The molecule has 0 aromatic heterocycles. The van der Waals surface area contributed by atoms with Crippen molar-refractivity contribution in [3.63, 3.8) is 0 Å². The van der Waals surface area contributed by atoms with Crippen LogP contribution in [0.15, 0.2) is 48.5 Å². The topological polar surface area (TPSA) is 32.3 Å². The maximum atomic E-state index is 12.0. The molecule has 0 radical (unpaired) electrons. The van der Waals surface area contributed by atoms with Crippen LogP contribution in [0, 0.1) is 0 Å². The van der Waals surface area contributed by atoms with Gasteiger partial charge in [-0.2, -0.15) is 0 Å². The summed E-state index contributed by atoms with van der Waals surface area (Å²) >= 11 is 6.10. The fourth-order valence-corrected chi connectivity index (χ4v) is 2.60. The van der Waals surface area contributed by atoms with E-state index in [4.69, 9.17) is 11.6 Å². The molecule has 0 fully saturated rings. The van der Waals surface area contributed by atoms with Gasteiger partial charge < -0.3 is 10.2 Å². The molecule has 1 amide bonds. The van der Waals surface area contributed by atoms with Gasteiger partial charge in [-0.3, -0.25) is 4.79 Å². The van der Waals surface area contributed by atoms with Gasteiger partial charge in [0.1, 0.15) is 0 Å². The molecule has 122 valence electrons. The molecule has 3 nitrogen and oxygen atoms in total. The Morgan fingerprint density at radius 2 is 1.70 bits per heavy atom. The number of nitrogens with zero attached hydrogens (tertiary/aromatic N) is 1. The van der Waals surface area contributed by atoms with Crippen LogP contribution in [0.5, 0.6) is 0 Å². The van der Waals surface area contributed by atoms with Crippen molar-refractivity contribution in [2.24, 2.45) is 0 Å². The first kappa shape index (κ1) is 17.5. The molecule has 1 N–H and O–H groups in total. The summed E-state index contributed by atoms with van der Waals surface area (Å²) < 4.78 is 0. The minimum atomic E-state index is 0.0438. The van der Waals surface area contributed by atoms with Crippen LogP contribution >= 0.6 is 11.6 Å². The van der Waals surface area contributed by atoms with Gasteiger partial charge in [0.15, 0.2) is 0 Å². The van der Waals surface area contributed by atoms with Crippen molar-refractivity contribution >= 4 is 17.5 Å². The highest BCUT2D eigenvalue weighted by atomic mass is 35.5. The molecule has 0 spiro atoms. The second kappa shape index (κ2) is 8.70. The number of halogens is 1. The molecule has 2 rings (SSSR count). The van der Waals surface area contributed by atoms with Crippen molar-refractivity contribution in [1.82, 2.24) is 10.2 Å². The van der Waals surface area contributed by atoms with Gasteiger partial charge in [-0.1, -0.05) is 54.1 Å². The van der Waals surface area contributed by atoms with Crippen LogP contribution in [0.2, 0.25) is 5.02 Å². The quantitative estimate of drug-likeness (QED) is 0.840. The van der Waals surface area contributed by atoms with Gasteiger partial charge in [0.25, 0.3) is 0 Å². The zero-order valence-electron chi connectivity index (χ0n) is 13.7. The molecule has 0 aliphatic rings. The maximum absolute atomic E-state index is 12.0. The van der Waals surface area contributed by atoms with E-state index < -0.39 is 0 Å². The van der Waals surface area contributed by atoms with Crippen molar-refractivity contribution in [1.29, 1.82) is 0 Å². The number of hydrogen-bond donors (Lipinski definition) is 1. The smallest absolute Gasteiger partial charge is 0.220 e. The van der Waals surface area contributed by atoms with Crippen LogP contribution in [0.25, 0.3) is 0 Å². The number of carbonyl (C=O) groups excluding carboxylic acids is 1. The Hall–Kier alpha value is -1.84. The van der Waals surface area contributed by atoms with E-state index in [1.165, 1.54) is 5.56 Å². The monoisotopic (exact) mass is 330 g/mol. The number of amides is 1. The fourth-order valence-electron chi connectivity index (χ4n) is 2.37. The van der Waals surface area contributed by atoms with Crippen molar-refractivity contribution in [3.05, 3.63) is 70.2 Å². The molecule has 4 heteroatoms. The summed E-state index contributed by atoms with van der Waals surface area (Å²) in [6.45, 7) is 1.48. The molecule has 2 aromatic carbocycles. The summed E-state index contributed by atoms with van der Waals surface area (Å²) in [6, 6.07) is 16.0. The molecule has 0 heterocycles. The van der Waals surface area contributed by atoms with Crippen molar-refractivity contribution in [3.8, 4) is 0 Å². The summed E-state index contributed by atoms with van der Waals surface area (Å²) in [6.07, 6.45) is 1.11. The molecule has 23 heavy (non-hydrogen) atoms. The molecule has 0 unspecified atom stereocenters. The molecule has 0 saturated carbocycles. The second-order valence-corrected chi connectivity index (χ2v) is 6.33. The molecule has 0 aliphatic heterocycles. The number of nitrogens with one attached hydrogen (secondary N) is 1. The lowest BCUT2D eigenvalue weighted by Crippen LogP contribution is -2.23. The lowest BCUT2D eigenvalue weighted by molar-refractivity contribution is -0.121. The Labute approximate surface area is 143 Å². The van der Waals surface area contributed by atoms with Crippen LogP contribution in [0.4, 0.5) is 0 Å². The largest absolute Gasteiger partial charge is 0.352 e. The number of rotatable bonds is 7. The Morgan fingerprint density at radius 1 is 1.04 bits per heavy atom. The predicted molar refractivity (Wildman–Crippen MR) is 95.5 cm³/mol. The third-order valence-electron chi connectivity index (χ3n) is 3.59.